The van der Waals surface area contributed by atoms with Gasteiger partial charge in [0.25, 0.3) is 0 Å². The lowest BCUT2D eigenvalue weighted by atomic mass is 9.89. The van der Waals surface area contributed by atoms with Crippen molar-refractivity contribution in [1.29, 1.82) is 0 Å². The normalized spacial score (nSPS) is 19.8. The van der Waals surface area contributed by atoms with Crippen LogP contribution >= 0.6 is 0 Å². The summed E-state index contributed by atoms with van der Waals surface area (Å²) in [5, 5.41) is 3.17. The van der Waals surface area contributed by atoms with Gasteiger partial charge in [0.1, 0.15) is 5.82 Å². The van der Waals surface area contributed by atoms with E-state index in [0.717, 1.165) is 10.5 Å². The Bertz CT molecular complexity index is 1070. The lowest BCUT2D eigenvalue weighted by molar-refractivity contribution is -0.143. The second-order valence-corrected chi connectivity index (χ2v) is 9.13. The van der Waals surface area contributed by atoms with E-state index in [0.29, 0.717) is 37.1 Å². The summed E-state index contributed by atoms with van der Waals surface area (Å²) in [4.78, 5) is 16.2. The highest BCUT2D eigenvalue weighted by Crippen LogP contribution is 2.39. The van der Waals surface area contributed by atoms with Crippen molar-refractivity contribution in [3.05, 3.63) is 70.0 Å². The number of nitrogens with zero attached hydrogens (tertiary/aromatic N) is 2. The molecule has 36 heavy (non-hydrogen) atoms. The van der Waals surface area contributed by atoms with Gasteiger partial charge in [0.2, 0.25) is 0 Å². The molecule has 2 aromatic rings. The maximum atomic E-state index is 13.7. The van der Waals surface area contributed by atoms with Gasteiger partial charge in [0.15, 0.2) is 0 Å². The first kappa shape index (κ1) is 27.8. The van der Waals surface area contributed by atoms with E-state index in [9.17, 15) is 35.5 Å². The Morgan fingerprint density at radius 2 is 1.64 bits per heavy atom. The third-order valence-electron chi connectivity index (χ3n) is 6.82. The lowest BCUT2D eigenvalue weighted by Gasteiger charge is -2.43. The Hall–Kier alpha value is -2.82. The van der Waals surface area contributed by atoms with E-state index in [4.69, 9.17) is 0 Å². The summed E-state index contributed by atoms with van der Waals surface area (Å²) in [5.74, 6) is -0.425. The number of amides is 2. The van der Waals surface area contributed by atoms with Crippen LogP contribution in [0.25, 0.3) is 0 Å². The third-order valence-corrected chi connectivity index (χ3v) is 6.82. The molecule has 11 heteroatoms. The van der Waals surface area contributed by atoms with Crippen molar-refractivity contribution >= 4 is 6.03 Å². The predicted octanol–water partition coefficient (Wildman–Crippen LogP) is 6.71. The molecular weight excluding hydrogens is 491 g/mol. The Balaban J connectivity index is 1.96. The molecule has 1 fully saturated rings. The molecular formula is C25H28F7N3O. The fourth-order valence-electron chi connectivity index (χ4n) is 4.58. The van der Waals surface area contributed by atoms with Gasteiger partial charge in [-0.2, -0.15) is 26.3 Å². The van der Waals surface area contributed by atoms with Crippen molar-refractivity contribution in [2.45, 2.75) is 57.2 Å². The number of nitrogens with one attached hydrogen (secondary N) is 1. The number of rotatable bonds is 4. The van der Waals surface area contributed by atoms with Crippen molar-refractivity contribution < 1.29 is 35.5 Å². The van der Waals surface area contributed by atoms with Crippen molar-refractivity contribution in [1.82, 2.24) is 15.1 Å². The average Bonchev–Trinajstić information content (AvgIpc) is 2.81. The molecule has 0 unspecified atom stereocenters. The number of likely N-dealkylation sites (tertiary alicyclic amines) is 1. The van der Waals surface area contributed by atoms with Gasteiger partial charge in [-0.3, -0.25) is 0 Å². The minimum atomic E-state index is -4.99. The molecule has 1 aliphatic rings. The van der Waals surface area contributed by atoms with Crippen LogP contribution in [0.5, 0.6) is 0 Å². The zero-order valence-electron chi connectivity index (χ0n) is 20.3. The monoisotopic (exact) mass is 519 g/mol. The van der Waals surface area contributed by atoms with E-state index in [-0.39, 0.29) is 17.7 Å². The van der Waals surface area contributed by atoms with Crippen LogP contribution < -0.4 is 5.32 Å². The Morgan fingerprint density at radius 3 is 2.14 bits per heavy atom. The van der Waals surface area contributed by atoms with E-state index < -0.39 is 47.4 Å². The number of halogens is 7. The highest BCUT2D eigenvalue weighted by molar-refractivity contribution is 5.75. The number of hydrogen-bond acceptors (Lipinski definition) is 2. The molecule has 2 amide bonds. The molecule has 0 radical (unpaired) electrons. The Kier molecular flexibility index (Phi) is 7.92. The van der Waals surface area contributed by atoms with Gasteiger partial charge in [0, 0.05) is 19.6 Å². The van der Waals surface area contributed by atoms with Crippen LogP contribution in [-0.4, -0.2) is 42.5 Å². The number of carbonyl (C=O) groups is 1. The topological polar surface area (TPSA) is 35.6 Å². The number of aryl methyl sites for hydroxylation is 1. The highest BCUT2D eigenvalue weighted by Gasteiger charge is 2.39. The van der Waals surface area contributed by atoms with Gasteiger partial charge in [-0.25, -0.2) is 9.18 Å². The van der Waals surface area contributed by atoms with E-state index >= 15 is 0 Å². The summed E-state index contributed by atoms with van der Waals surface area (Å²) in [6.45, 7) is 3.41. The quantitative estimate of drug-likeness (QED) is 0.456. The van der Waals surface area contributed by atoms with Crippen molar-refractivity contribution in [3.8, 4) is 0 Å². The van der Waals surface area contributed by atoms with Gasteiger partial charge < -0.3 is 15.1 Å². The van der Waals surface area contributed by atoms with E-state index in [1.807, 2.05) is 0 Å². The summed E-state index contributed by atoms with van der Waals surface area (Å²) in [7, 11) is 3.13. The lowest BCUT2D eigenvalue weighted by Crippen LogP contribution is -2.50. The molecule has 4 nitrogen and oxygen atoms in total. The maximum absolute atomic E-state index is 13.7. The zero-order valence-corrected chi connectivity index (χ0v) is 20.3. The van der Waals surface area contributed by atoms with Gasteiger partial charge in [-0.15, -0.1) is 0 Å². The second kappa shape index (κ2) is 10.3. The van der Waals surface area contributed by atoms with Gasteiger partial charge >= 0.3 is 18.4 Å². The van der Waals surface area contributed by atoms with Crippen molar-refractivity contribution in [2.24, 2.45) is 0 Å². The molecule has 0 bridgehead atoms. The Morgan fingerprint density at radius 1 is 1.06 bits per heavy atom. The average molecular weight is 520 g/mol. The molecule has 1 saturated heterocycles. The fourth-order valence-corrected chi connectivity index (χ4v) is 4.58. The van der Waals surface area contributed by atoms with E-state index in [1.165, 1.54) is 26.1 Å². The first-order valence-electron chi connectivity index (χ1n) is 11.4. The van der Waals surface area contributed by atoms with Crippen LogP contribution in [-0.2, 0) is 12.4 Å². The number of urea groups is 1. The number of alkyl halides is 6. The minimum Gasteiger partial charge on any atom is -0.321 e. The maximum Gasteiger partial charge on any atom is 0.416 e. The summed E-state index contributed by atoms with van der Waals surface area (Å²) in [5.41, 5.74) is -1.79. The predicted molar refractivity (Wildman–Crippen MR) is 121 cm³/mol. The smallest absolute Gasteiger partial charge is 0.321 e. The van der Waals surface area contributed by atoms with E-state index in [2.05, 4.69) is 5.32 Å². The van der Waals surface area contributed by atoms with Crippen LogP contribution in [0.1, 0.15) is 59.7 Å². The molecule has 3 atom stereocenters. The molecule has 3 rings (SSSR count). The zero-order chi connectivity index (χ0) is 27.0. The molecule has 1 heterocycles. The molecule has 0 spiro atoms. The van der Waals surface area contributed by atoms with Crippen LogP contribution in [0, 0.1) is 12.7 Å². The SMILES string of the molecule is CN[C@H]1CCN(C(=O)N(C)[C@H](C)c2cc(C(F)(F)F)cc(C(F)(F)F)c2)[C@@H](c2ccc(F)cc2C)C1. The van der Waals surface area contributed by atoms with E-state index in [1.54, 1.807) is 24.9 Å². The third kappa shape index (κ3) is 5.93. The van der Waals surface area contributed by atoms with Crippen LogP contribution in [0.2, 0.25) is 0 Å². The van der Waals surface area contributed by atoms with Gasteiger partial charge in [0.05, 0.1) is 23.2 Å². The summed E-state index contributed by atoms with van der Waals surface area (Å²) in [6.07, 6.45) is -8.86. The largest absolute Gasteiger partial charge is 0.416 e. The van der Waals surface area contributed by atoms with Crippen LogP contribution in [0.3, 0.4) is 0 Å². The Labute approximate surface area is 205 Å². The molecule has 2 aromatic carbocycles. The number of carbonyl (C=O) groups excluding carboxylic acids is 1. The number of hydrogen-bond donors (Lipinski definition) is 1. The minimum absolute atomic E-state index is 0.0634. The molecule has 0 saturated carbocycles. The van der Waals surface area contributed by atoms with Crippen LogP contribution in [0.15, 0.2) is 36.4 Å². The summed E-state index contributed by atoms with van der Waals surface area (Å²) in [6, 6.07) is 3.57. The highest BCUT2D eigenvalue weighted by atomic mass is 19.4. The number of benzene rings is 2. The second-order valence-electron chi connectivity index (χ2n) is 9.13. The summed E-state index contributed by atoms with van der Waals surface area (Å²) < 4.78 is 93.7. The molecule has 1 N–H and O–H groups in total. The number of piperidine rings is 1. The first-order valence-corrected chi connectivity index (χ1v) is 11.4. The van der Waals surface area contributed by atoms with Gasteiger partial charge in [-0.1, -0.05) is 6.07 Å². The summed E-state index contributed by atoms with van der Waals surface area (Å²) >= 11 is 0. The van der Waals surface area contributed by atoms with Crippen molar-refractivity contribution in [2.75, 3.05) is 20.6 Å². The molecule has 0 aliphatic carbocycles. The van der Waals surface area contributed by atoms with Crippen LogP contribution in [0.4, 0.5) is 35.5 Å². The van der Waals surface area contributed by atoms with Gasteiger partial charge in [-0.05, 0) is 80.8 Å². The molecule has 198 valence electrons. The first-order chi connectivity index (χ1) is 16.6. The molecule has 0 aromatic heterocycles. The molecule has 1 aliphatic heterocycles. The standard InChI is InChI=1S/C25H28F7N3O/c1-14-9-19(26)5-6-21(14)22-13-20(33-3)7-8-35(22)23(36)34(4)15(2)16-10-17(24(27,28)29)12-18(11-16)25(30,31)32/h5-6,9-12,15,20,22,33H,7-8,13H2,1-4H3/t15-,20+,22-/m1/s1. The van der Waals surface area contributed by atoms with Crippen molar-refractivity contribution in [3.63, 3.8) is 0 Å². The fraction of sp³-hybridized carbons (Fsp3) is 0.480.